The molecule has 1 aliphatic rings. The highest BCUT2D eigenvalue weighted by Crippen LogP contribution is 2.43. The Hall–Kier alpha value is -0.540. The highest BCUT2D eigenvalue weighted by atomic mass is 79.9. The predicted molar refractivity (Wildman–Crippen MR) is 69.5 cm³/mol. The van der Waals surface area contributed by atoms with Crippen LogP contribution >= 0.6 is 15.9 Å². The summed E-state index contributed by atoms with van der Waals surface area (Å²) in [5, 5.41) is 10.1. The number of rotatable bonds is 2. The van der Waals surface area contributed by atoms with Crippen molar-refractivity contribution in [3.63, 3.8) is 0 Å². The van der Waals surface area contributed by atoms with Crippen LogP contribution in [0.3, 0.4) is 0 Å². The van der Waals surface area contributed by atoms with Crippen LogP contribution in [-0.4, -0.2) is 5.11 Å². The van der Waals surface area contributed by atoms with Crippen LogP contribution in [0.2, 0.25) is 0 Å². The monoisotopic (exact) mass is 283 g/mol. The van der Waals surface area contributed by atoms with Crippen molar-refractivity contribution in [3.05, 3.63) is 27.7 Å². The van der Waals surface area contributed by atoms with E-state index < -0.39 is 0 Å². The molecule has 88 valence electrons. The molecule has 1 fully saturated rings. The van der Waals surface area contributed by atoms with Gasteiger partial charge in [-0.2, -0.15) is 0 Å². The van der Waals surface area contributed by atoms with E-state index in [2.05, 4.69) is 28.9 Å². The lowest BCUT2D eigenvalue weighted by atomic mass is 9.87. The van der Waals surface area contributed by atoms with Gasteiger partial charge in [0.05, 0.1) is 4.47 Å². The Kier molecular flexibility index (Phi) is 3.27. The van der Waals surface area contributed by atoms with Gasteiger partial charge in [-0.3, -0.25) is 0 Å². The summed E-state index contributed by atoms with van der Waals surface area (Å²) in [7, 11) is 0. The van der Waals surface area contributed by atoms with Crippen molar-refractivity contribution in [3.8, 4) is 5.75 Å². The average molecular weight is 284 g/mol. The lowest BCUT2D eigenvalue weighted by Gasteiger charge is -2.26. The van der Waals surface area contributed by atoms with Gasteiger partial charge in [0.25, 0.3) is 0 Å². The van der Waals surface area contributed by atoms with E-state index in [4.69, 9.17) is 5.73 Å². The van der Waals surface area contributed by atoms with Crippen molar-refractivity contribution in [1.82, 2.24) is 0 Å². The fourth-order valence-corrected chi connectivity index (χ4v) is 3.02. The Balaban J connectivity index is 2.50. The smallest absolute Gasteiger partial charge is 0.134 e. The maximum Gasteiger partial charge on any atom is 0.134 e. The summed E-state index contributed by atoms with van der Waals surface area (Å²) in [6.07, 6.45) is 5.22. The molecular formula is C13H18BrNO. The molecule has 0 amide bonds. The third-order valence-corrected chi connectivity index (χ3v) is 4.17. The SMILES string of the molecule is CCc1cc(Br)c(O)c(C2(N)CCCC2)c1. The van der Waals surface area contributed by atoms with Gasteiger partial charge in [-0.05, 0) is 46.8 Å². The Morgan fingerprint density at radius 2 is 2.00 bits per heavy atom. The van der Waals surface area contributed by atoms with Gasteiger partial charge < -0.3 is 10.8 Å². The summed E-state index contributed by atoms with van der Waals surface area (Å²) in [6.45, 7) is 2.11. The molecule has 0 spiro atoms. The molecule has 16 heavy (non-hydrogen) atoms. The summed E-state index contributed by atoms with van der Waals surface area (Å²) in [5.74, 6) is 0.321. The number of aromatic hydroxyl groups is 1. The van der Waals surface area contributed by atoms with Gasteiger partial charge in [0.15, 0.2) is 0 Å². The van der Waals surface area contributed by atoms with E-state index in [1.54, 1.807) is 0 Å². The van der Waals surface area contributed by atoms with E-state index in [0.29, 0.717) is 5.75 Å². The first-order chi connectivity index (χ1) is 7.57. The van der Waals surface area contributed by atoms with E-state index in [1.807, 2.05) is 6.07 Å². The van der Waals surface area contributed by atoms with Crippen molar-refractivity contribution >= 4 is 15.9 Å². The third kappa shape index (κ3) is 1.98. The highest BCUT2D eigenvalue weighted by Gasteiger charge is 2.34. The minimum Gasteiger partial charge on any atom is -0.506 e. The molecule has 0 aliphatic heterocycles. The van der Waals surface area contributed by atoms with Gasteiger partial charge in [-0.25, -0.2) is 0 Å². The second kappa shape index (κ2) is 4.38. The van der Waals surface area contributed by atoms with Crippen molar-refractivity contribution in [1.29, 1.82) is 0 Å². The second-order valence-electron chi connectivity index (χ2n) is 4.69. The summed E-state index contributed by atoms with van der Waals surface area (Å²) in [6, 6.07) is 4.03. The van der Waals surface area contributed by atoms with E-state index in [0.717, 1.165) is 42.1 Å². The molecule has 0 heterocycles. The van der Waals surface area contributed by atoms with Crippen molar-refractivity contribution < 1.29 is 5.11 Å². The number of phenolic OH excluding ortho intramolecular Hbond substituents is 1. The zero-order chi connectivity index (χ0) is 11.8. The number of hydrogen-bond acceptors (Lipinski definition) is 2. The average Bonchev–Trinajstić information content (AvgIpc) is 2.70. The largest absolute Gasteiger partial charge is 0.506 e. The minimum absolute atomic E-state index is 0.321. The Bertz CT molecular complexity index is 397. The van der Waals surface area contributed by atoms with Gasteiger partial charge in [-0.15, -0.1) is 0 Å². The van der Waals surface area contributed by atoms with Gasteiger partial charge in [0, 0.05) is 11.1 Å². The zero-order valence-corrected chi connectivity index (χ0v) is 11.2. The van der Waals surface area contributed by atoms with Gasteiger partial charge in [0.1, 0.15) is 5.75 Å². The Morgan fingerprint density at radius 1 is 1.38 bits per heavy atom. The van der Waals surface area contributed by atoms with Crippen LogP contribution in [0.25, 0.3) is 0 Å². The fourth-order valence-electron chi connectivity index (χ4n) is 2.51. The van der Waals surface area contributed by atoms with Crippen molar-refractivity contribution in [2.24, 2.45) is 5.73 Å². The van der Waals surface area contributed by atoms with Crippen LogP contribution in [0, 0.1) is 0 Å². The first-order valence-corrected chi connectivity index (χ1v) is 6.67. The van der Waals surface area contributed by atoms with E-state index in [1.165, 1.54) is 5.56 Å². The maximum atomic E-state index is 10.1. The summed E-state index contributed by atoms with van der Waals surface area (Å²) in [5.41, 5.74) is 8.20. The van der Waals surface area contributed by atoms with Crippen LogP contribution in [0.1, 0.15) is 43.7 Å². The Morgan fingerprint density at radius 3 is 2.56 bits per heavy atom. The molecule has 2 nitrogen and oxygen atoms in total. The normalized spacial score (nSPS) is 18.9. The molecule has 2 rings (SSSR count). The molecule has 0 saturated heterocycles. The number of phenols is 1. The molecule has 0 radical (unpaired) electrons. The molecule has 3 N–H and O–H groups in total. The lowest BCUT2D eigenvalue weighted by Crippen LogP contribution is -2.33. The van der Waals surface area contributed by atoms with Crippen LogP contribution in [0.4, 0.5) is 0 Å². The molecule has 0 unspecified atom stereocenters. The maximum absolute atomic E-state index is 10.1. The van der Waals surface area contributed by atoms with Crippen molar-refractivity contribution in [2.75, 3.05) is 0 Å². The standard InChI is InChI=1S/C13H18BrNO/c1-2-9-7-10(12(16)11(14)8-9)13(15)5-3-4-6-13/h7-8,16H,2-6,15H2,1H3. The molecule has 0 aromatic heterocycles. The van der Waals surface area contributed by atoms with Crippen LogP contribution in [0.15, 0.2) is 16.6 Å². The highest BCUT2D eigenvalue weighted by molar-refractivity contribution is 9.10. The summed E-state index contributed by atoms with van der Waals surface area (Å²) >= 11 is 3.40. The van der Waals surface area contributed by atoms with Gasteiger partial charge >= 0.3 is 0 Å². The first-order valence-electron chi connectivity index (χ1n) is 5.87. The molecule has 0 bridgehead atoms. The minimum atomic E-state index is -0.322. The molecular weight excluding hydrogens is 266 g/mol. The zero-order valence-electron chi connectivity index (χ0n) is 9.59. The third-order valence-electron chi connectivity index (χ3n) is 3.56. The van der Waals surface area contributed by atoms with E-state index in [9.17, 15) is 5.11 Å². The summed E-state index contributed by atoms with van der Waals surface area (Å²) < 4.78 is 0.763. The van der Waals surface area contributed by atoms with Gasteiger partial charge in [0.2, 0.25) is 0 Å². The predicted octanol–water partition coefficient (Wildman–Crippen LogP) is 3.45. The first kappa shape index (κ1) is 11.9. The number of benzene rings is 1. The molecule has 1 aliphatic carbocycles. The molecule has 1 aromatic carbocycles. The lowest BCUT2D eigenvalue weighted by molar-refractivity contribution is 0.407. The molecule has 0 atom stereocenters. The quantitative estimate of drug-likeness (QED) is 0.873. The number of aryl methyl sites for hydroxylation is 1. The van der Waals surface area contributed by atoms with Gasteiger partial charge in [-0.1, -0.05) is 25.8 Å². The van der Waals surface area contributed by atoms with Crippen molar-refractivity contribution in [2.45, 2.75) is 44.6 Å². The second-order valence-corrected chi connectivity index (χ2v) is 5.54. The molecule has 1 aromatic rings. The van der Waals surface area contributed by atoms with Crippen LogP contribution in [0.5, 0.6) is 5.75 Å². The summed E-state index contributed by atoms with van der Waals surface area (Å²) in [4.78, 5) is 0. The number of halogens is 1. The van der Waals surface area contributed by atoms with Crippen LogP contribution in [-0.2, 0) is 12.0 Å². The number of hydrogen-bond donors (Lipinski definition) is 2. The van der Waals surface area contributed by atoms with E-state index >= 15 is 0 Å². The Labute approximate surface area is 105 Å². The topological polar surface area (TPSA) is 46.2 Å². The molecule has 3 heteroatoms. The van der Waals surface area contributed by atoms with E-state index in [-0.39, 0.29) is 5.54 Å². The van der Waals surface area contributed by atoms with Crippen LogP contribution < -0.4 is 5.73 Å². The fraction of sp³-hybridized carbons (Fsp3) is 0.538. The molecule has 1 saturated carbocycles. The number of nitrogens with two attached hydrogens (primary N) is 1.